The summed E-state index contributed by atoms with van der Waals surface area (Å²) in [5.74, 6) is -60.6. The van der Waals surface area contributed by atoms with Gasteiger partial charge in [-0.2, -0.15) is 70.2 Å². The van der Waals surface area contributed by atoms with Gasteiger partial charge in [-0.1, -0.05) is 27.7 Å². The largest absolute Gasteiger partial charge is 0.456 e. The van der Waals surface area contributed by atoms with Crippen molar-refractivity contribution in [1.82, 2.24) is 0 Å². The lowest BCUT2D eigenvalue weighted by atomic mass is 9.92. The Bertz CT molecular complexity index is 867. The van der Waals surface area contributed by atoms with Gasteiger partial charge in [0.2, 0.25) is 0 Å². The minimum Gasteiger partial charge on any atom is -0.456 e. The minimum absolute atomic E-state index is 0.301. The molecule has 236 valence electrons. The molecule has 0 aliphatic heterocycles. The number of hydrogen-bond acceptors (Lipinski definition) is 4. The van der Waals surface area contributed by atoms with Crippen LogP contribution in [-0.2, 0) is 19.1 Å². The summed E-state index contributed by atoms with van der Waals surface area (Å²) in [5.41, 5.74) is 0. The van der Waals surface area contributed by atoms with Crippen molar-refractivity contribution in [3.8, 4) is 0 Å². The van der Waals surface area contributed by atoms with Crippen LogP contribution >= 0.6 is 0 Å². The molecule has 0 aliphatic carbocycles. The summed E-state index contributed by atoms with van der Waals surface area (Å²) in [5, 5.41) is 0. The highest BCUT2D eigenvalue weighted by atomic mass is 19.4. The summed E-state index contributed by atoms with van der Waals surface area (Å²) in [7, 11) is 0. The van der Waals surface area contributed by atoms with E-state index < -0.39 is 96.5 Å². The highest BCUT2D eigenvalue weighted by molar-refractivity contribution is 5.91. The Morgan fingerprint density at radius 3 is 0.925 bits per heavy atom. The first-order chi connectivity index (χ1) is 17.4. The molecule has 0 amide bonds. The van der Waals surface area contributed by atoms with Crippen LogP contribution in [0.4, 0.5) is 70.2 Å². The molecule has 20 heteroatoms. The van der Waals surface area contributed by atoms with Crippen LogP contribution < -0.4 is 0 Å². The number of rotatable bonds is 14. The Morgan fingerprint density at radius 1 is 0.500 bits per heavy atom. The van der Waals surface area contributed by atoms with Crippen LogP contribution in [0.2, 0.25) is 0 Å². The average Bonchev–Trinajstić information content (AvgIpc) is 2.78. The lowest BCUT2D eigenvalue weighted by molar-refractivity contribution is -0.377. The van der Waals surface area contributed by atoms with E-state index in [0.717, 1.165) is 0 Å². The Balaban J connectivity index is 5.43. The van der Waals surface area contributed by atoms with Crippen molar-refractivity contribution in [2.75, 3.05) is 13.2 Å². The average molecular weight is 628 g/mol. The first-order valence-electron chi connectivity index (χ1n) is 10.4. The van der Waals surface area contributed by atoms with E-state index in [2.05, 4.69) is 9.47 Å². The van der Waals surface area contributed by atoms with Gasteiger partial charge in [0.1, 0.15) is 0 Å². The zero-order valence-electron chi connectivity index (χ0n) is 20.4. The van der Waals surface area contributed by atoms with E-state index in [1.807, 2.05) is 0 Å². The SMILES string of the molecule is CC(C)C(F)(F)C(F)(F)C(F)(F)C(F)(F)COC(=O)/C=C/C(=O)OCC(F)(F)C(F)(F)C(F)(F)C(F)(F)C(C)C. The number of esters is 2. The fourth-order valence-electron chi connectivity index (χ4n) is 2.34. The third kappa shape index (κ3) is 6.54. The van der Waals surface area contributed by atoms with E-state index in [1.165, 1.54) is 0 Å². The van der Waals surface area contributed by atoms with Crippen LogP contribution in [0.3, 0.4) is 0 Å². The molecule has 0 aromatic heterocycles. The van der Waals surface area contributed by atoms with E-state index in [0.29, 0.717) is 27.7 Å². The van der Waals surface area contributed by atoms with E-state index in [1.54, 1.807) is 0 Å². The zero-order valence-corrected chi connectivity index (χ0v) is 20.4. The number of carbonyl (C=O) groups is 2. The van der Waals surface area contributed by atoms with Crippen LogP contribution in [-0.4, -0.2) is 72.5 Å². The first kappa shape index (κ1) is 37.6. The van der Waals surface area contributed by atoms with Crippen LogP contribution in [0.1, 0.15) is 27.7 Å². The Morgan fingerprint density at radius 2 is 0.725 bits per heavy atom. The third-order valence-corrected chi connectivity index (χ3v) is 5.14. The Labute approximate surface area is 214 Å². The van der Waals surface area contributed by atoms with Gasteiger partial charge in [0.15, 0.2) is 13.2 Å². The molecule has 4 nitrogen and oxygen atoms in total. The molecule has 0 rings (SSSR count). The molecule has 0 atom stereocenters. The van der Waals surface area contributed by atoms with Gasteiger partial charge >= 0.3 is 59.3 Å². The maximum atomic E-state index is 13.6. The molecule has 0 fully saturated rings. The topological polar surface area (TPSA) is 52.6 Å². The smallest absolute Gasteiger partial charge is 0.381 e. The van der Waals surface area contributed by atoms with Crippen molar-refractivity contribution < 1.29 is 89.3 Å². The summed E-state index contributed by atoms with van der Waals surface area (Å²) in [6.45, 7) is -4.81. The fraction of sp³-hybridized carbons (Fsp3) is 0.800. The molecule has 0 spiro atoms. The van der Waals surface area contributed by atoms with Crippen molar-refractivity contribution in [1.29, 1.82) is 0 Å². The molecule has 0 radical (unpaired) electrons. The number of hydrogen-bond donors (Lipinski definition) is 0. The second kappa shape index (κ2) is 11.4. The second-order valence-electron chi connectivity index (χ2n) is 8.81. The molecule has 0 aliphatic rings. The van der Waals surface area contributed by atoms with Crippen LogP contribution in [0.25, 0.3) is 0 Å². The van der Waals surface area contributed by atoms with Crippen molar-refractivity contribution in [3.63, 3.8) is 0 Å². The third-order valence-electron chi connectivity index (χ3n) is 5.14. The highest BCUT2D eigenvalue weighted by Crippen LogP contribution is 2.56. The van der Waals surface area contributed by atoms with Gasteiger partial charge in [-0.05, 0) is 0 Å². The molecule has 0 N–H and O–H groups in total. The van der Waals surface area contributed by atoms with Gasteiger partial charge in [0.05, 0.1) is 0 Å². The summed E-state index contributed by atoms with van der Waals surface area (Å²) >= 11 is 0. The maximum absolute atomic E-state index is 13.6. The number of ether oxygens (including phenoxy) is 2. The normalized spacial score (nSPS) is 15.2. The maximum Gasteiger partial charge on any atom is 0.381 e. The van der Waals surface area contributed by atoms with E-state index in [-0.39, 0.29) is 0 Å². The Kier molecular flexibility index (Phi) is 10.7. The van der Waals surface area contributed by atoms with Crippen molar-refractivity contribution >= 4 is 11.9 Å². The van der Waals surface area contributed by atoms with E-state index in [4.69, 9.17) is 0 Å². The second-order valence-corrected chi connectivity index (χ2v) is 8.81. The molecule has 0 saturated heterocycles. The predicted octanol–water partition coefficient (Wildman–Crippen LogP) is 7.02. The molecule has 0 aromatic carbocycles. The van der Waals surface area contributed by atoms with Crippen molar-refractivity contribution in [2.24, 2.45) is 11.8 Å². The number of alkyl halides is 16. The van der Waals surface area contributed by atoms with Gasteiger partial charge in [-0.25, -0.2) is 9.59 Å². The van der Waals surface area contributed by atoms with Gasteiger partial charge in [-0.15, -0.1) is 0 Å². The molecule has 0 aromatic rings. The van der Waals surface area contributed by atoms with Gasteiger partial charge in [0.25, 0.3) is 0 Å². The van der Waals surface area contributed by atoms with E-state index in [9.17, 15) is 79.8 Å². The molecule has 0 heterocycles. The molecule has 0 bridgehead atoms. The minimum atomic E-state index is -6.83. The van der Waals surface area contributed by atoms with Gasteiger partial charge < -0.3 is 9.47 Å². The number of carbonyl (C=O) groups excluding carboxylic acids is 2. The summed E-state index contributed by atoms with van der Waals surface area (Å²) in [6.07, 6.45) is -0.843. The monoisotopic (exact) mass is 628 g/mol. The predicted molar refractivity (Wildman–Crippen MR) is 100 cm³/mol. The molecule has 0 saturated carbocycles. The number of halogens is 16. The summed E-state index contributed by atoms with van der Waals surface area (Å²) in [4.78, 5) is 22.5. The van der Waals surface area contributed by atoms with Crippen molar-refractivity contribution in [2.45, 2.75) is 75.1 Å². The van der Waals surface area contributed by atoms with Crippen LogP contribution in [0.5, 0.6) is 0 Å². The van der Waals surface area contributed by atoms with E-state index >= 15 is 0 Å². The standard InChI is InChI=1S/C20H20F16O4/c1-9(2)15(25,26)19(33,34)17(29,30)13(21,22)7-39-11(37)5-6-12(38)40-8-14(23,24)18(31,32)20(35,36)16(27,28)10(3)4/h5-6,9-10H,7-8H2,1-4H3/b6-5+. The quantitative estimate of drug-likeness (QED) is 0.118. The molecule has 40 heavy (non-hydrogen) atoms. The zero-order chi connectivity index (χ0) is 32.6. The van der Waals surface area contributed by atoms with Crippen molar-refractivity contribution in [3.05, 3.63) is 12.2 Å². The molecular formula is C20H20F16O4. The lowest BCUT2D eigenvalue weighted by Crippen LogP contribution is -2.64. The van der Waals surface area contributed by atoms with Crippen LogP contribution in [0, 0.1) is 11.8 Å². The Hall–Kier alpha value is -2.44. The highest BCUT2D eigenvalue weighted by Gasteiger charge is 2.82. The van der Waals surface area contributed by atoms with Gasteiger partial charge in [0, 0.05) is 24.0 Å². The molecular weight excluding hydrogens is 608 g/mol. The van der Waals surface area contributed by atoms with Crippen LogP contribution in [0.15, 0.2) is 12.2 Å². The fourth-order valence-corrected chi connectivity index (χ4v) is 2.34. The van der Waals surface area contributed by atoms with Gasteiger partial charge in [-0.3, -0.25) is 0 Å². The molecule has 0 unspecified atom stereocenters. The summed E-state index contributed by atoms with van der Waals surface area (Å²) in [6, 6.07) is 0. The summed E-state index contributed by atoms with van der Waals surface area (Å²) < 4.78 is 224. The first-order valence-corrected chi connectivity index (χ1v) is 10.4. The lowest BCUT2D eigenvalue weighted by Gasteiger charge is -2.38.